The van der Waals surface area contributed by atoms with Crippen molar-refractivity contribution in [2.45, 2.75) is 31.6 Å². The third-order valence-electron chi connectivity index (χ3n) is 6.91. The summed E-state index contributed by atoms with van der Waals surface area (Å²) in [5, 5.41) is 0. The van der Waals surface area contributed by atoms with Crippen LogP contribution < -0.4 is 0 Å². The van der Waals surface area contributed by atoms with Gasteiger partial charge >= 0.3 is 5.97 Å². The number of hydrogen-bond acceptors (Lipinski definition) is 2. The molecule has 0 amide bonds. The highest BCUT2D eigenvalue weighted by Crippen LogP contribution is 2.54. The summed E-state index contributed by atoms with van der Waals surface area (Å²) in [6.45, 7) is 0. The molecule has 0 aromatic heterocycles. The lowest BCUT2D eigenvalue weighted by Crippen LogP contribution is -2.10. The summed E-state index contributed by atoms with van der Waals surface area (Å²) in [4.78, 5) is 11.8. The van der Waals surface area contributed by atoms with E-state index in [4.69, 9.17) is 4.74 Å². The first-order valence-corrected chi connectivity index (χ1v) is 10.6. The topological polar surface area (TPSA) is 26.3 Å². The van der Waals surface area contributed by atoms with Crippen LogP contribution in [-0.4, -0.2) is 13.1 Å². The van der Waals surface area contributed by atoms with E-state index in [0.717, 1.165) is 11.8 Å². The SMILES string of the molecule is COC(=O)c1ccc(-c2ccc(-c3ccccc3)cc2[C@H]2C[C@@H]3CC[C@H]2C3)cc1. The number of rotatable bonds is 4. The highest BCUT2D eigenvalue weighted by molar-refractivity contribution is 5.90. The Morgan fingerprint density at radius 3 is 2.24 bits per heavy atom. The van der Waals surface area contributed by atoms with E-state index in [1.807, 2.05) is 12.1 Å². The summed E-state index contributed by atoms with van der Waals surface area (Å²) < 4.78 is 4.85. The maximum Gasteiger partial charge on any atom is 0.337 e. The molecule has 146 valence electrons. The third-order valence-corrected chi connectivity index (χ3v) is 6.91. The van der Waals surface area contributed by atoms with Crippen molar-refractivity contribution >= 4 is 5.97 Å². The maximum absolute atomic E-state index is 11.8. The van der Waals surface area contributed by atoms with Crippen LogP contribution in [0.2, 0.25) is 0 Å². The molecule has 29 heavy (non-hydrogen) atoms. The van der Waals surface area contributed by atoms with Crippen LogP contribution in [0, 0.1) is 11.8 Å². The van der Waals surface area contributed by atoms with E-state index in [1.54, 1.807) is 0 Å². The van der Waals surface area contributed by atoms with Gasteiger partial charge in [-0.2, -0.15) is 0 Å². The van der Waals surface area contributed by atoms with E-state index in [9.17, 15) is 4.79 Å². The van der Waals surface area contributed by atoms with Gasteiger partial charge in [-0.3, -0.25) is 0 Å². The van der Waals surface area contributed by atoms with E-state index >= 15 is 0 Å². The Balaban J connectivity index is 1.58. The minimum atomic E-state index is -0.288. The molecule has 0 saturated heterocycles. The zero-order chi connectivity index (χ0) is 19.8. The Labute approximate surface area is 172 Å². The largest absolute Gasteiger partial charge is 0.465 e. The molecular weight excluding hydrogens is 356 g/mol. The van der Waals surface area contributed by atoms with Crippen LogP contribution in [0.4, 0.5) is 0 Å². The minimum Gasteiger partial charge on any atom is -0.465 e. The van der Waals surface area contributed by atoms with Crippen LogP contribution in [0.3, 0.4) is 0 Å². The molecule has 0 unspecified atom stereocenters. The third kappa shape index (κ3) is 3.37. The maximum atomic E-state index is 11.8. The molecule has 2 bridgehead atoms. The predicted octanol–water partition coefficient (Wildman–Crippen LogP) is 6.71. The molecule has 2 heteroatoms. The van der Waals surface area contributed by atoms with Crippen LogP contribution in [0.5, 0.6) is 0 Å². The number of methoxy groups -OCH3 is 1. The molecule has 0 aliphatic heterocycles. The normalized spacial score (nSPS) is 22.6. The van der Waals surface area contributed by atoms with Gasteiger partial charge in [-0.15, -0.1) is 0 Å². The van der Waals surface area contributed by atoms with E-state index in [1.165, 1.54) is 60.6 Å². The predicted molar refractivity (Wildman–Crippen MR) is 117 cm³/mol. The van der Waals surface area contributed by atoms with Crippen molar-refractivity contribution in [3.05, 3.63) is 83.9 Å². The van der Waals surface area contributed by atoms with Crippen LogP contribution in [0.25, 0.3) is 22.3 Å². The average Bonchev–Trinajstić information content (AvgIpc) is 3.43. The monoisotopic (exact) mass is 382 g/mol. The summed E-state index contributed by atoms with van der Waals surface area (Å²) in [6, 6.07) is 25.4. The number of ether oxygens (including phenoxy) is 1. The highest BCUT2D eigenvalue weighted by atomic mass is 16.5. The van der Waals surface area contributed by atoms with Gasteiger partial charge in [-0.25, -0.2) is 4.79 Å². The Kier molecular flexibility index (Phi) is 4.71. The van der Waals surface area contributed by atoms with Crippen molar-refractivity contribution in [3.8, 4) is 22.3 Å². The van der Waals surface area contributed by atoms with Gasteiger partial charge in [0.25, 0.3) is 0 Å². The molecule has 0 spiro atoms. The van der Waals surface area contributed by atoms with Gasteiger partial charge < -0.3 is 4.74 Å². The molecule has 2 aliphatic rings. The molecule has 2 aliphatic carbocycles. The zero-order valence-corrected chi connectivity index (χ0v) is 16.8. The highest BCUT2D eigenvalue weighted by Gasteiger charge is 2.41. The van der Waals surface area contributed by atoms with Crippen molar-refractivity contribution in [2.75, 3.05) is 7.11 Å². The second-order valence-corrected chi connectivity index (χ2v) is 8.52. The van der Waals surface area contributed by atoms with Gasteiger partial charge in [0.1, 0.15) is 0 Å². The van der Waals surface area contributed by atoms with Gasteiger partial charge in [0.2, 0.25) is 0 Å². The number of carbonyl (C=O) groups is 1. The molecule has 2 fully saturated rings. The smallest absolute Gasteiger partial charge is 0.337 e. The Morgan fingerprint density at radius 1 is 0.828 bits per heavy atom. The number of esters is 1. The van der Waals surface area contributed by atoms with Crippen molar-refractivity contribution in [1.29, 1.82) is 0 Å². The first-order chi connectivity index (χ1) is 14.2. The lowest BCUT2D eigenvalue weighted by Gasteiger charge is -2.25. The van der Waals surface area contributed by atoms with E-state index in [0.29, 0.717) is 11.5 Å². The molecule has 3 atom stereocenters. The van der Waals surface area contributed by atoms with Crippen LogP contribution in [0.1, 0.15) is 47.5 Å². The van der Waals surface area contributed by atoms with Crippen molar-refractivity contribution in [3.63, 3.8) is 0 Å². The summed E-state index contributed by atoms with van der Waals surface area (Å²) in [7, 11) is 1.42. The van der Waals surface area contributed by atoms with Crippen LogP contribution in [0.15, 0.2) is 72.8 Å². The van der Waals surface area contributed by atoms with Crippen LogP contribution in [-0.2, 0) is 4.74 Å². The first-order valence-electron chi connectivity index (χ1n) is 10.6. The lowest BCUT2D eigenvalue weighted by molar-refractivity contribution is 0.0601. The van der Waals surface area contributed by atoms with Crippen molar-refractivity contribution in [1.82, 2.24) is 0 Å². The molecule has 5 rings (SSSR count). The molecular formula is C27H26O2. The Hall–Kier alpha value is -2.87. The Bertz CT molecular complexity index is 1020. The Morgan fingerprint density at radius 2 is 1.59 bits per heavy atom. The fourth-order valence-corrected chi connectivity index (χ4v) is 5.47. The van der Waals surface area contributed by atoms with Crippen molar-refractivity contribution < 1.29 is 9.53 Å². The fraction of sp³-hybridized carbons (Fsp3) is 0.296. The van der Waals surface area contributed by atoms with Crippen LogP contribution >= 0.6 is 0 Å². The summed E-state index contributed by atoms with van der Waals surface area (Å²) in [5.74, 6) is 2.08. The van der Waals surface area contributed by atoms with E-state index in [2.05, 4.69) is 60.7 Å². The number of hydrogen-bond donors (Lipinski definition) is 0. The average molecular weight is 383 g/mol. The lowest BCUT2D eigenvalue weighted by atomic mass is 9.79. The summed E-state index contributed by atoms with van der Waals surface area (Å²) >= 11 is 0. The van der Waals surface area contributed by atoms with Gasteiger partial charge in [-0.05, 0) is 77.0 Å². The molecule has 2 saturated carbocycles. The molecule has 0 heterocycles. The second-order valence-electron chi connectivity index (χ2n) is 8.52. The fourth-order valence-electron chi connectivity index (χ4n) is 5.47. The molecule has 2 nitrogen and oxygen atoms in total. The quantitative estimate of drug-likeness (QED) is 0.469. The van der Waals surface area contributed by atoms with E-state index < -0.39 is 0 Å². The first kappa shape index (κ1) is 18.2. The van der Waals surface area contributed by atoms with Gasteiger partial charge in [0.15, 0.2) is 0 Å². The molecule has 3 aromatic carbocycles. The number of benzene rings is 3. The molecule has 0 N–H and O–H groups in total. The standard InChI is InChI=1S/C27H26O2/c1-29-27(28)21-11-9-20(10-12-21)24-14-13-22(19-5-3-2-4-6-19)17-26(24)25-16-18-7-8-23(25)15-18/h2-6,9-14,17-18,23,25H,7-8,15-16H2,1H3/t18-,23+,25+/m1/s1. The summed E-state index contributed by atoms with van der Waals surface area (Å²) in [6.07, 6.45) is 5.48. The zero-order valence-electron chi connectivity index (χ0n) is 16.8. The van der Waals surface area contributed by atoms with E-state index in [-0.39, 0.29) is 5.97 Å². The second kappa shape index (κ2) is 7.51. The number of fused-ring (bicyclic) bond motifs is 2. The minimum absolute atomic E-state index is 0.288. The van der Waals surface area contributed by atoms with Gasteiger partial charge in [0.05, 0.1) is 12.7 Å². The number of carbonyl (C=O) groups excluding carboxylic acids is 1. The summed E-state index contributed by atoms with van der Waals surface area (Å²) in [5.41, 5.74) is 7.11. The van der Waals surface area contributed by atoms with Gasteiger partial charge in [0, 0.05) is 0 Å². The van der Waals surface area contributed by atoms with Gasteiger partial charge in [-0.1, -0.05) is 67.1 Å². The molecule has 3 aromatic rings. The van der Waals surface area contributed by atoms with Crippen molar-refractivity contribution in [2.24, 2.45) is 11.8 Å². The molecule has 0 radical (unpaired) electrons.